The Morgan fingerprint density at radius 3 is 2.65 bits per heavy atom. The average molecular weight is 318 g/mol. The number of carbonyl (C=O) groups excluding carboxylic acids is 1. The van der Waals surface area contributed by atoms with Gasteiger partial charge in [0.2, 0.25) is 5.91 Å². The summed E-state index contributed by atoms with van der Waals surface area (Å²) in [4.78, 5) is 13.4. The van der Waals surface area contributed by atoms with E-state index in [9.17, 15) is 17.6 Å². The molecule has 0 unspecified atom stereocenters. The highest BCUT2D eigenvalue weighted by Crippen LogP contribution is 2.34. The zero-order valence-corrected chi connectivity index (χ0v) is 12.2. The van der Waals surface area contributed by atoms with Crippen molar-refractivity contribution in [2.24, 2.45) is 5.92 Å². The van der Waals surface area contributed by atoms with E-state index in [1.54, 1.807) is 4.90 Å². The molecule has 1 aliphatic carbocycles. The number of hydrogen-bond acceptors (Lipinski definition) is 3. The first-order valence-electron chi connectivity index (χ1n) is 6.41. The van der Waals surface area contributed by atoms with Crippen LogP contribution in [0.25, 0.3) is 0 Å². The van der Waals surface area contributed by atoms with Crippen molar-refractivity contribution in [2.45, 2.75) is 30.7 Å². The molecular formula is C13H13ClFNO3S. The molecule has 3 rings (SSSR count). The number of fused-ring (bicyclic) bond motifs is 1. The van der Waals surface area contributed by atoms with E-state index in [1.807, 2.05) is 0 Å². The Balaban J connectivity index is 1.92. The fourth-order valence-corrected chi connectivity index (χ4v) is 3.30. The van der Waals surface area contributed by atoms with Crippen molar-refractivity contribution in [3.63, 3.8) is 0 Å². The number of amides is 1. The van der Waals surface area contributed by atoms with Gasteiger partial charge in [0.05, 0.1) is 4.90 Å². The maximum absolute atomic E-state index is 14.1. The molecule has 0 N–H and O–H groups in total. The van der Waals surface area contributed by atoms with Crippen molar-refractivity contribution in [1.82, 2.24) is 4.90 Å². The predicted octanol–water partition coefficient (Wildman–Crippen LogP) is 2.05. The van der Waals surface area contributed by atoms with E-state index in [0.29, 0.717) is 24.1 Å². The minimum atomic E-state index is -3.94. The maximum Gasteiger partial charge on any atom is 0.261 e. The molecule has 1 amide bonds. The molecule has 0 spiro atoms. The van der Waals surface area contributed by atoms with E-state index >= 15 is 0 Å². The number of hydrogen-bond donors (Lipinski definition) is 0. The Hall–Kier alpha value is -1.14. The number of halogens is 2. The van der Waals surface area contributed by atoms with Gasteiger partial charge in [0.25, 0.3) is 9.05 Å². The SMILES string of the molecule is O=C(C1CC1)N1CCc2cc(S(=O)(=O)Cl)cc(F)c2C1. The third-order valence-electron chi connectivity index (χ3n) is 3.78. The zero-order chi connectivity index (χ0) is 14.5. The molecule has 0 bridgehead atoms. The van der Waals surface area contributed by atoms with Gasteiger partial charge in [-0.1, -0.05) is 0 Å². The Bertz CT molecular complexity index is 685. The summed E-state index contributed by atoms with van der Waals surface area (Å²) < 4.78 is 36.6. The molecule has 0 aromatic heterocycles. The van der Waals surface area contributed by atoms with Crippen molar-refractivity contribution < 1.29 is 17.6 Å². The van der Waals surface area contributed by atoms with Gasteiger partial charge in [-0.3, -0.25) is 4.79 Å². The van der Waals surface area contributed by atoms with Gasteiger partial charge >= 0.3 is 0 Å². The Morgan fingerprint density at radius 2 is 2.05 bits per heavy atom. The minimum Gasteiger partial charge on any atom is -0.338 e. The lowest BCUT2D eigenvalue weighted by molar-refractivity contribution is -0.133. The minimum absolute atomic E-state index is 0.0732. The van der Waals surface area contributed by atoms with Crippen LogP contribution in [0, 0.1) is 11.7 Å². The fraction of sp³-hybridized carbons (Fsp3) is 0.462. The van der Waals surface area contributed by atoms with Crippen LogP contribution in [0.5, 0.6) is 0 Å². The summed E-state index contributed by atoms with van der Waals surface area (Å²) in [6.07, 6.45) is 2.27. The topological polar surface area (TPSA) is 54.5 Å². The fourth-order valence-electron chi connectivity index (χ4n) is 2.51. The lowest BCUT2D eigenvalue weighted by atomic mass is 9.99. The quantitative estimate of drug-likeness (QED) is 0.784. The molecule has 0 atom stereocenters. The van der Waals surface area contributed by atoms with Crippen LogP contribution in [0.1, 0.15) is 24.0 Å². The lowest BCUT2D eigenvalue weighted by Gasteiger charge is -2.29. The standard InChI is InChI=1S/C13H13ClFNO3S/c14-20(18,19)10-5-9-3-4-16(13(17)8-1-2-8)7-11(9)12(15)6-10/h5-6,8H,1-4,7H2. The van der Waals surface area contributed by atoms with Gasteiger partial charge in [-0.2, -0.15) is 0 Å². The summed E-state index contributed by atoms with van der Waals surface area (Å²) in [7, 11) is 1.30. The molecule has 1 aromatic carbocycles. The van der Waals surface area contributed by atoms with Crippen LogP contribution in [0.2, 0.25) is 0 Å². The largest absolute Gasteiger partial charge is 0.338 e. The van der Waals surface area contributed by atoms with E-state index in [2.05, 4.69) is 0 Å². The predicted molar refractivity (Wildman–Crippen MR) is 71.3 cm³/mol. The van der Waals surface area contributed by atoms with Gasteiger partial charge in [0, 0.05) is 35.3 Å². The van der Waals surface area contributed by atoms with Crippen LogP contribution in [0.15, 0.2) is 17.0 Å². The summed E-state index contributed by atoms with van der Waals surface area (Å²) in [5, 5.41) is 0. The molecule has 108 valence electrons. The molecule has 1 saturated carbocycles. The van der Waals surface area contributed by atoms with Crippen molar-refractivity contribution in [1.29, 1.82) is 0 Å². The lowest BCUT2D eigenvalue weighted by Crippen LogP contribution is -2.37. The van der Waals surface area contributed by atoms with Gasteiger partial charge in [-0.25, -0.2) is 12.8 Å². The van der Waals surface area contributed by atoms with Gasteiger partial charge < -0.3 is 4.90 Å². The Kier molecular flexibility index (Phi) is 3.25. The first-order valence-corrected chi connectivity index (χ1v) is 8.72. The second-order valence-corrected chi connectivity index (χ2v) is 7.83. The van der Waals surface area contributed by atoms with Gasteiger partial charge in [0.15, 0.2) is 0 Å². The van der Waals surface area contributed by atoms with Crippen molar-refractivity contribution in [3.8, 4) is 0 Å². The molecule has 0 radical (unpaired) electrons. The number of nitrogens with zero attached hydrogens (tertiary/aromatic N) is 1. The molecule has 1 aromatic rings. The second kappa shape index (κ2) is 4.70. The number of benzene rings is 1. The highest BCUT2D eigenvalue weighted by molar-refractivity contribution is 8.13. The first kappa shape index (κ1) is 13.8. The molecule has 2 aliphatic rings. The van der Waals surface area contributed by atoms with Crippen molar-refractivity contribution in [2.75, 3.05) is 6.54 Å². The van der Waals surface area contributed by atoms with Gasteiger partial charge in [0.1, 0.15) is 5.82 Å². The third kappa shape index (κ3) is 2.54. The van der Waals surface area contributed by atoms with E-state index in [-0.39, 0.29) is 23.3 Å². The number of carbonyl (C=O) groups is 1. The van der Waals surface area contributed by atoms with Crippen LogP contribution in [-0.2, 0) is 26.8 Å². The summed E-state index contributed by atoms with van der Waals surface area (Å²) in [5.74, 6) is -0.443. The van der Waals surface area contributed by atoms with Crippen LogP contribution >= 0.6 is 10.7 Å². The first-order chi connectivity index (χ1) is 9.36. The summed E-state index contributed by atoms with van der Waals surface area (Å²) >= 11 is 0. The van der Waals surface area contributed by atoms with Crippen molar-refractivity contribution >= 4 is 25.6 Å². The number of rotatable bonds is 2. The van der Waals surface area contributed by atoms with Gasteiger partial charge in [-0.05, 0) is 37.0 Å². The van der Waals surface area contributed by atoms with E-state index in [1.165, 1.54) is 6.07 Å². The molecule has 1 fully saturated rings. The van der Waals surface area contributed by atoms with Crippen molar-refractivity contribution in [3.05, 3.63) is 29.1 Å². The molecule has 7 heteroatoms. The van der Waals surface area contributed by atoms with Crippen LogP contribution in [0.4, 0.5) is 4.39 Å². The molecular weight excluding hydrogens is 305 g/mol. The summed E-state index contributed by atoms with van der Waals surface area (Å²) in [6.45, 7) is 0.701. The highest BCUT2D eigenvalue weighted by Gasteiger charge is 2.35. The van der Waals surface area contributed by atoms with Crippen LogP contribution in [-0.4, -0.2) is 25.8 Å². The molecule has 1 heterocycles. The molecule has 1 aliphatic heterocycles. The highest BCUT2D eigenvalue weighted by atomic mass is 35.7. The summed E-state index contributed by atoms with van der Waals surface area (Å²) in [5.41, 5.74) is 1.01. The van der Waals surface area contributed by atoms with E-state index < -0.39 is 14.9 Å². The van der Waals surface area contributed by atoms with E-state index in [4.69, 9.17) is 10.7 Å². The Morgan fingerprint density at radius 1 is 1.35 bits per heavy atom. The second-order valence-electron chi connectivity index (χ2n) is 5.26. The summed E-state index contributed by atoms with van der Waals surface area (Å²) in [6, 6.07) is 2.33. The Labute approximate surface area is 120 Å². The normalized spacial score (nSPS) is 18.8. The third-order valence-corrected chi connectivity index (χ3v) is 5.11. The average Bonchev–Trinajstić information content (AvgIpc) is 3.20. The van der Waals surface area contributed by atoms with Crippen LogP contribution in [0.3, 0.4) is 0 Å². The monoisotopic (exact) mass is 317 g/mol. The van der Waals surface area contributed by atoms with Gasteiger partial charge in [-0.15, -0.1) is 0 Å². The van der Waals surface area contributed by atoms with E-state index in [0.717, 1.165) is 18.9 Å². The molecule has 20 heavy (non-hydrogen) atoms. The molecule has 4 nitrogen and oxygen atoms in total. The molecule has 0 saturated heterocycles. The maximum atomic E-state index is 14.1. The smallest absolute Gasteiger partial charge is 0.261 e. The zero-order valence-electron chi connectivity index (χ0n) is 10.6. The van der Waals surface area contributed by atoms with Crippen LogP contribution < -0.4 is 0 Å².